The molecule has 2 aromatic carbocycles. The van der Waals surface area contributed by atoms with Crippen molar-refractivity contribution in [2.75, 3.05) is 6.26 Å². The molecule has 0 aromatic heterocycles. The number of sulfone groups is 1. The Balaban J connectivity index is 1.75. The minimum Gasteiger partial charge on any atom is -0.381 e. The van der Waals surface area contributed by atoms with E-state index in [1.165, 1.54) is 6.26 Å². The molecule has 6 nitrogen and oxygen atoms in total. The second kappa shape index (κ2) is 7.29. The Bertz CT molecular complexity index is 922. The largest absolute Gasteiger partial charge is 0.381 e. The summed E-state index contributed by atoms with van der Waals surface area (Å²) in [6.45, 7) is 2.02. The Labute approximate surface area is 153 Å². The molecule has 0 saturated heterocycles. The number of hydrogen-bond donors (Lipinski definition) is 0. The van der Waals surface area contributed by atoms with Gasteiger partial charge in [-0.25, -0.2) is 8.42 Å². The molecule has 0 fully saturated rings. The van der Waals surface area contributed by atoms with Crippen molar-refractivity contribution in [3.63, 3.8) is 0 Å². The number of carbonyl (C=O) groups is 1. The first-order chi connectivity index (χ1) is 12.3. The van der Waals surface area contributed by atoms with E-state index in [-0.39, 0.29) is 10.8 Å². The van der Waals surface area contributed by atoms with Gasteiger partial charge in [0.25, 0.3) is 5.91 Å². The molecule has 136 valence electrons. The van der Waals surface area contributed by atoms with E-state index in [9.17, 15) is 13.2 Å². The lowest BCUT2D eigenvalue weighted by atomic mass is 10.1. The number of oxime groups is 1. The van der Waals surface area contributed by atoms with Crippen LogP contribution >= 0.6 is 0 Å². The second-order valence-corrected chi connectivity index (χ2v) is 8.28. The molecule has 1 atom stereocenters. The maximum atomic E-state index is 12.8. The zero-order chi connectivity index (χ0) is 18.7. The van der Waals surface area contributed by atoms with Crippen LogP contribution < -0.4 is 0 Å². The monoisotopic (exact) mass is 372 g/mol. The van der Waals surface area contributed by atoms with Crippen LogP contribution in [0.2, 0.25) is 0 Å². The Morgan fingerprint density at radius 1 is 1.04 bits per heavy atom. The van der Waals surface area contributed by atoms with Crippen LogP contribution in [0.3, 0.4) is 0 Å². The van der Waals surface area contributed by atoms with Gasteiger partial charge in [0.15, 0.2) is 9.84 Å². The average Bonchev–Trinajstić information content (AvgIpc) is 2.62. The summed E-state index contributed by atoms with van der Waals surface area (Å²) in [6.07, 6.45) is 0.940. The van der Waals surface area contributed by atoms with Gasteiger partial charge < -0.3 is 4.84 Å². The molecule has 0 bridgehead atoms. The molecular weight excluding hydrogens is 352 g/mol. The van der Waals surface area contributed by atoms with Gasteiger partial charge in [-0.05, 0) is 30.2 Å². The molecule has 26 heavy (non-hydrogen) atoms. The van der Waals surface area contributed by atoms with Gasteiger partial charge >= 0.3 is 0 Å². The molecule has 2 aromatic rings. The van der Waals surface area contributed by atoms with Crippen molar-refractivity contribution in [3.8, 4) is 0 Å². The van der Waals surface area contributed by atoms with E-state index in [1.54, 1.807) is 36.1 Å². The summed E-state index contributed by atoms with van der Waals surface area (Å²) < 4.78 is 23.1. The molecule has 1 amide bonds. The van der Waals surface area contributed by atoms with Crippen LogP contribution in [0.1, 0.15) is 18.1 Å². The number of nitrogens with zero attached hydrogens (tertiary/aromatic N) is 2. The predicted octanol–water partition coefficient (Wildman–Crippen LogP) is 2.39. The fourth-order valence-electron chi connectivity index (χ4n) is 2.74. The maximum Gasteiger partial charge on any atom is 0.272 e. The average molecular weight is 372 g/mol. The van der Waals surface area contributed by atoms with Gasteiger partial charge in [-0.15, -0.1) is 0 Å². The summed E-state index contributed by atoms with van der Waals surface area (Å²) in [4.78, 5) is 20.0. The van der Waals surface area contributed by atoms with E-state index in [0.29, 0.717) is 18.8 Å². The summed E-state index contributed by atoms with van der Waals surface area (Å²) in [6, 6.07) is 16.1. The minimum atomic E-state index is -3.24. The van der Waals surface area contributed by atoms with Crippen molar-refractivity contribution in [2.45, 2.75) is 30.9 Å². The van der Waals surface area contributed by atoms with Crippen LogP contribution in [-0.2, 0) is 32.4 Å². The van der Waals surface area contributed by atoms with Crippen LogP contribution in [0.4, 0.5) is 0 Å². The summed E-state index contributed by atoms with van der Waals surface area (Å²) in [7, 11) is -3.24. The minimum absolute atomic E-state index is 0.159. The Kier molecular flexibility index (Phi) is 5.08. The van der Waals surface area contributed by atoms with Crippen molar-refractivity contribution < 1.29 is 18.0 Å². The zero-order valence-electron chi connectivity index (χ0n) is 14.6. The Hall–Kier alpha value is -2.67. The Morgan fingerprint density at radius 3 is 2.31 bits per heavy atom. The highest BCUT2D eigenvalue weighted by atomic mass is 32.2. The third kappa shape index (κ3) is 4.11. The van der Waals surface area contributed by atoms with Gasteiger partial charge in [0, 0.05) is 12.7 Å². The third-order valence-corrected chi connectivity index (χ3v) is 5.33. The molecule has 1 aliphatic heterocycles. The number of amides is 1. The quantitative estimate of drug-likeness (QED) is 0.808. The third-order valence-electron chi connectivity index (χ3n) is 4.20. The van der Waals surface area contributed by atoms with Crippen molar-refractivity contribution in [2.24, 2.45) is 5.16 Å². The maximum absolute atomic E-state index is 12.8. The van der Waals surface area contributed by atoms with E-state index in [0.717, 1.165) is 11.1 Å². The SMILES string of the molecule is CC1=NOC(Cc2ccccc2)C(=O)N1Cc1ccc(S(C)(=O)=O)cc1. The van der Waals surface area contributed by atoms with Gasteiger partial charge in [0.05, 0.1) is 11.4 Å². The fourth-order valence-corrected chi connectivity index (χ4v) is 3.37. The van der Waals surface area contributed by atoms with E-state index in [2.05, 4.69) is 5.16 Å². The highest BCUT2D eigenvalue weighted by molar-refractivity contribution is 7.90. The summed E-state index contributed by atoms with van der Waals surface area (Å²) in [5.41, 5.74) is 1.82. The van der Waals surface area contributed by atoms with Crippen molar-refractivity contribution in [1.82, 2.24) is 4.90 Å². The number of hydrogen-bond acceptors (Lipinski definition) is 5. The normalized spacial score (nSPS) is 17.6. The molecule has 0 spiro atoms. The van der Waals surface area contributed by atoms with Gasteiger partial charge in [0.2, 0.25) is 6.10 Å². The van der Waals surface area contributed by atoms with Gasteiger partial charge in [-0.3, -0.25) is 9.69 Å². The molecule has 1 heterocycles. The molecule has 0 aliphatic carbocycles. The smallest absolute Gasteiger partial charge is 0.272 e. The number of rotatable bonds is 5. The van der Waals surface area contributed by atoms with Crippen molar-refractivity contribution in [3.05, 3.63) is 65.7 Å². The first kappa shape index (κ1) is 18.1. The first-order valence-corrected chi connectivity index (χ1v) is 10.1. The lowest BCUT2D eigenvalue weighted by Gasteiger charge is -2.30. The second-order valence-electron chi connectivity index (χ2n) is 6.26. The molecule has 0 radical (unpaired) electrons. The number of amidine groups is 1. The summed E-state index contributed by atoms with van der Waals surface area (Å²) in [5, 5.41) is 4.02. The van der Waals surface area contributed by atoms with Gasteiger partial charge in [-0.1, -0.05) is 47.6 Å². The molecule has 1 unspecified atom stereocenters. The highest BCUT2D eigenvalue weighted by Gasteiger charge is 2.32. The molecular formula is C19H20N2O4S. The zero-order valence-corrected chi connectivity index (χ0v) is 15.4. The van der Waals surface area contributed by atoms with E-state index in [1.807, 2.05) is 30.3 Å². The highest BCUT2D eigenvalue weighted by Crippen LogP contribution is 2.18. The molecule has 0 saturated carbocycles. The summed E-state index contributed by atoms with van der Waals surface area (Å²) in [5.74, 6) is 0.319. The van der Waals surface area contributed by atoms with E-state index < -0.39 is 15.9 Å². The molecule has 0 N–H and O–H groups in total. The standard InChI is InChI=1S/C19H20N2O4S/c1-14-20-25-18(12-15-6-4-3-5-7-15)19(22)21(14)13-16-8-10-17(11-9-16)26(2,23)24/h3-11,18H,12-13H2,1-2H3. The Morgan fingerprint density at radius 2 is 1.69 bits per heavy atom. The van der Waals surface area contributed by atoms with Gasteiger partial charge in [0.1, 0.15) is 5.84 Å². The molecule has 1 aliphatic rings. The van der Waals surface area contributed by atoms with Crippen LogP contribution in [-0.4, -0.2) is 37.4 Å². The van der Waals surface area contributed by atoms with Crippen LogP contribution in [0, 0.1) is 0 Å². The first-order valence-electron chi connectivity index (χ1n) is 8.19. The topological polar surface area (TPSA) is 76.0 Å². The van der Waals surface area contributed by atoms with E-state index >= 15 is 0 Å². The fraction of sp³-hybridized carbons (Fsp3) is 0.263. The predicted molar refractivity (Wildman–Crippen MR) is 98.2 cm³/mol. The number of benzene rings is 2. The van der Waals surface area contributed by atoms with E-state index in [4.69, 9.17) is 4.84 Å². The van der Waals surface area contributed by atoms with Crippen molar-refractivity contribution >= 4 is 21.6 Å². The lowest BCUT2D eigenvalue weighted by molar-refractivity contribution is -0.143. The van der Waals surface area contributed by atoms with Crippen LogP contribution in [0.15, 0.2) is 64.6 Å². The molecule has 3 rings (SSSR count). The van der Waals surface area contributed by atoms with Gasteiger partial charge in [-0.2, -0.15) is 0 Å². The summed E-state index contributed by atoms with van der Waals surface area (Å²) >= 11 is 0. The molecule has 7 heteroatoms. The van der Waals surface area contributed by atoms with Crippen LogP contribution in [0.5, 0.6) is 0 Å². The van der Waals surface area contributed by atoms with Crippen LogP contribution in [0.25, 0.3) is 0 Å². The van der Waals surface area contributed by atoms with Crippen molar-refractivity contribution in [1.29, 1.82) is 0 Å². The lowest BCUT2D eigenvalue weighted by Crippen LogP contribution is -2.46. The number of carbonyl (C=O) groups excluding carboxylic acids is 1.